The van der Waals surface area contributed by atoms with Crippen molar-refractivity contribution in [3.8, 4) is 11.5 Å². The molecule has 0 spiro atoms. The van der Waals surface area contributed by atoms with Crippen molar-refractivity contribution in [1.82, 2.24) is 0 Å². The fraction of sp³-hybridized carbons (Fsp3) is 0.0769. The molecule has 0 radical (unpaired) electrons. The van der Waals surface area contributed by atoms with Gasteiger partial charge >= 0.3 is 0 Å². The average molecular weight is 269 g/mol. The fourth-order valence-electron chi connectivity index (χ4n) is 1.57. The molecule has 19 heavy (non-hydrogen) atoms. The first kappa shape index (κ1) is 13.1. The van der Waals surface area contributed by atoms with E-state index in [9.17, 15) is 23.4 Å². The van der Waals surface area contributed by atoms with Crippen LogP contribution in [0.5, 0.6) is 11.5 Å². The van der Waals surface area contributed by atoms with Crippen LogP contribution in [-0.2, 0) is 6.54 Å². The molecule has 0 atom stereocenters. The lowest BCUT2D eigenvalue weighted by Crippen LogP contribution is -2.03. The molecule has 0 unspecified atom stereocenters. The minimum absolute atomic E-state index is 0.0533. The van der Waals surface area contributed by atoms with Crippen molar-refractivity contribution in [2.75, 3.05) is 5.32 Å². The monoisotopic (exact) mass is 269 g/mol. The highest BCUT2D eigenvalue weighted by Gasteiger charge is 2.11. The highest BCUT2D eigenvalue weighted by atomic mass is 19.2. The zero-order valence-corrected chi connectivity index (χ0v) is 9.62. The zero-order valence-electron chi connectivity index (χ0n) is 9.62. The van der Waals surface area contributed by atoms with Gasteiger partial charge in [-0.25, -0.2) is 13.2 Å². The Morgan fingerprint density at radius 1 is 0.947 bits per heavy atom. The maximum absolute atomic E-state index is 13.3. The van der Waals surface area contributed by atoms with Gasteiger partial charge < -0.3 is 15.5 Å². The minimum atomic E-state index is -1.27. The van der Waals surface area contributed by atoms with Crippen molar-refractivity contribution in [3.05, 3.63) is 53.3 Å². The molecule has 0 aromatic heterocycles. The Hall–Kier alpha value is -2.37. The van der Waals surface area contributed by atoms with Crippen molar-refractivity contribution in [1.29, 1.82) is 0 Å². The summed E-state index contributed by atoms with van der Waals surface area (Å²) in [6.45, 7) is -0.0533. The van der Waals surface area contributed by atoms with Crippen LogP contribution >= 0.6 is 0 Å². The van der Waals surface area contributed by atoms with Gasteiger partial charge in [-0.2, -0.15) is 0 Å². The topological polar surface area (TPSA) is 52.5 Å². The molecule has 0 bridgehead atoms. The van der Waals surface area contributed by atoms with Gasteiger partial charge in [0, 0.05) is 24.2 Å². The molecule has 0 aliphatic heterocycles. The number of hydrogen-bond donors (Lipinski definition) is 3. The molecule has 0 amide bonds. The second-order valence-corrected chi connectivity index (χ2v) is 3.88. The Bertz CT molecular complexity index is 617. The summed E-state index contributed by atoms with van der Waals surface area (Å²) < 4.78 is 39.0. The molecule has 3 nitrogen and oxygen atoms in total. The number of phenolic OH excluding ortho intramolecular Hbond substituents is 2. The number of rotatable bonds is 3. The van der Waals surface area contributed by atoms with E-state index < -0.39 is 17.5 Å². The maximum Gasteiger partial charge on any atom is 0.162 e. The highest BCUT2D eigenvalue weighted by molar-refractivity contribution is 5.49. The Labute approximate surface area is 106 Å². The van der Waals surface area contributed by atoms with E-state index >= 15 is 0 Å². The summed E-state index contributed by atoms with van der Waals surface area (Å²) in [7, 11) is 0. The van der Waals surface area contributed by atoms with Gasteiger partial charge in [-0.1, -0.05) is 12.1 Å². The van der Waals surface area contributed by atoms with Crippen LogP contribution in [0.15, 0.2) is 30.3 Å². The number of hydrogen-bond acceptors (Lipinski definition) is 3. The third-order valence-corrected chi connectivity index (χ3v) is 2.58. The fourth-order valence-corrected chi connectivity index (χ4v) is 1.57. The summed E-state index contributed by atoms with van der Waals surface area (Å²) in [5, 5.41) is 21.3. The predicted octanol–water partition coefficient (Wildman–Crippen LogP) is 3.13. The van der Waals surface area contributed by atoms with Crippen molar-refractivity contribution in [2.24, 2.45) is 0 Å². The van der Waals surface area contributed by atoms with Gasteiger partial charge in [0.1, 0.15) is 5.82 Å². The van der Waals surface area contributed by atoms with Gasteiger partial charge in [-0.3, -0.25) is 0 Å². The third kappa shape index (κ3) is 2.73. The van der Waals surface area contributed by atoms with Crippen LogP contribution in [-0.4, -0.2) is 10.2 Å². The Morgan fingerprint density at radius 3 is 2.37 bits per heavy atom. The van der Waals surface area contributed by atoms with Gasteiger partial charge in [0.2, 0.25) is 0 Å². The van der Waals surface area contributed by atoms with Crippen LogP contribution in [0.4, 0.5) is 18.9 Å². The summed E-state index contributed by atoms with van der Waals surface area (Å²) >= 11 is 0. The lowest BCUT2D eigenvalue weighted by atomic mass is 10.2. The summed E-state index contributed by atoms with van der Waals surface area (Å²) in [6.07, 6.45) is 0. The normalized spacial score (nSPS) is 10.5. The number of phenols is 2. The molecule has 6 heteroatoms. The lowest BCUT2D eigenvalue weighted by Gasteiger charge is -2.10. The first-order valence-corrected chi connectivity index (χ1v) is 5.37. The van der Waals surface area contributed by atoms with Gasteiger partial charge in [0.25, 0.3) is 0 Å². The SMILES string of the molecule is Oc1cccc(CNc2cc(F)c(F)cc2F)c1O. The Balaban J connectivity index is 2.19. The first-order chi connectivity index (χ1) is 8.99. The van der Waals surface area contributed by atoms with Crippen molar-refractivity contribution in [2.45, 2.75) is 6.54 Å². The van der Waals surface area contributed by atoms with Crippen LogP contribution in [0.3, 0.4) is 0 Å². The molecule has 2 rings (SSSR count). The van der Waals surface area contributed by atoms with E-state index in [2.05, 4.69) is 5.32 Å². The van der Waals surface area contributed by atoms with E-state index in [0.29, 0.717) is 17.7 Å². The molecule has 2 aromatic carbocycles. The third-order valence-electron chi connectivity index (χ3n) is 2.58. The van der Waals surface area contributed by atoms with Crippen LogP contribution < -0.4 is 5.32 Å². The molecule has 2 aromatic rings. The van der Waals surface area contributed by atoms with Gasteiger partial charge in [0.05, 0.1) is 5.69 Å². The molecule has 3 N–H and O–H groups in total. The van der Waals surface area contributed by atoms with Gasteiger partial charge in [-0.15, -0.1) is 0 Å². The van der Waals surface area contributed by atoms with Crippen molar-refractivity contribution < 1.29 is 23.4 Å². The number of anilines is 1. The largest absolute Gasteiger partial charge is 0.504 e. The number of para-hydroxylation sites is 1. The van der Waals surface area contributed by atoms with Gasteiger partial charge in [0.15, 0.2) is 23.1 Å². The molecule has 0 aliphatic rings. The summed E-state index contributed by atoms with van der Waals surface area (Å²) in [4.78, 5) is 0. The predicted molar refractivity (Wildman–Crippen MR) is 63.4 cm³/mol. The van der Waals surface area contributed by atoms with Crippen molar-refractivity contribution in [3.63, 3.8) is 0 Å². The first-order valence-electron chi connectivity index (χ1n) is 5.37. The minimum Gasteiger partial charge on any atom is -0.504 e. The molecule has 0 saturated heterocycles. The zero-order chi connectivity index (χ0) is 14.0. The van der Waals surface area contributed by atoms with E-state index in [4.69, 9.17) is 0 Å². The van der Waals surface area contributed by atoms with E-state index in [1.54, 1.807) is 0 Å². The van der Waals surface area contributed by atoms with Crippen LogP contribution in [0.25, 0.3) is 0 Å². The Morgan fingerprint density at radius 2 is 1.63 bits per heavy atom. The lowest BCUT2D eigenvalue weighted by molar-refractivity contribution is 0.400. The van der Waals surface area contributed by atoms with E-state index in [0.717, 1.165) is 0 Å². The number of nitrogens with one attached hydrogen (secondary N) is 1. The molecule has 0 heterocycles. The standard InChI is InChI=1S/C13H10F3NO2/c14-8-4-10(16)11(5-9(8)15)17-6-7-2-1-3-12(18)13(7)19/h1-5,17-19H,6H2. The maximum atomic E-state index is 13.3. The molecular weight excluding hydrogens is 259 g/mol. The van der Waals surface area contributed by atoms with Crippen LogP contribution in [0.2, 0.25) is 0 Å². The van der Waals surface area contributed by atoms with E-state index in [-0.39, 0.29) is 23.7 Å². The number of benzene rings is 2. The summed E-state index contributed by atoms with van der Waals surface area (Å²) in [6, 6.07) is 5.40. The Kier molecular flexibility index (Phi) is 3.50. The van der Waals surface area contributed by atoms with Crippen LogP contribution in [0.1, 0.15) is 5.56 Å². The van der Waals surface area contributed by atoms with Crippen molar-refractivity contribution >= 4 is 5.69 Å². The molecule has 0 fully saturated rings. The highest BCUT2D eigenvalue weighted by Crippen LogP contribution is 2.29. The van der Waals surface area contributed by atoms with E-state index in [1.807, 2.05) is 0 Å². The number of aromatic hydroxyl groups is 2. The smallest absolute Gasteiger partial charge is 0.162 e. The quantitative estimate of drug-likeness (QED) is 0.592. The van der Waals surface area contributed by atoms with E-state index in [1.165, 1.54) is 18.2 Å². The molecule has 0 saturated carbocycles. The average Bonchev–Trinajstić information content (AvgIpc) is 2.37. The molecule has 0 aliphatic carbocycles. The second-order valence-electron chi connectivity index (χ2n) is 3.88. The number of halogens is 3. The molecular formula is C13H10F3NO2. The summed E-state index contributed by atoms with van der Waals surface area (Å²) in [5.41, 5.74) is 0.0609. The van der Waals surface area contributed by atoms with Gasteiger partial charge in [-0.05, 0) is 6.07 Å². The molecule has 100 valence electrons. The van der Waals surface area contributed by atoms with Crippen LogP contribution in [0, 0.1) is 17.5 Å². The summed E-state index contributed by atoms with van der Waals surface area (Å²) in [5.74, 6) is -4.06. The second kappa shape index (κ2) is 5.09.